The van der Waals surface area contributed by atoms with Crippen LogP contribution in [0.1, 0.15) is 47.2 Å². The van der Waals surface area contributed by atoms with Gasteiger partial charge in [-0.15, -0.1) is 11.3 Å². The van der Waals surface area contributed by atoms with Gasteiger partial charge in [0.05, 0.1) is 11.1 Å². The van der Waals surface area contributed by atoms with Crippen LogP contribution in [0.5, 0.6) is 0 Å². The van der Waals surface area contributed by atoms with E-state index in [-0.39, 0.29) is 5.41 Å². The molecule has 338 valence electrons. The smallest absolute Gasteiger partial charge is 0.0726 e. The Morgan fingerprint density at radius 3 is 1.56 bits per heavy atom. The van der Waals surface area contributed by atoms with Crippen molar-refractivity contribution >= 4 is 48.6 Å². The summed E-state index contributed by atoms with van der Waals surface area (Å²) in [5.74, 6) is 0. The Kier molecular flexibility index (Phi) is 8.86. The van der Waals surface area contributed by atoms with E-state index in [2.05, 4.69) is 267 Å². The van der Waals surface area contributed by atoms with E-state index in [1.54, 1.807) is 0 Å². The van der Waals surface area contributed by atoms with E-state index in [1.165, 1.54) is 126 Å². The van der Waals surface area contributed by atoms with E-state index in [0.29, 0.717) is 0 Å². The van der Waals surface area contributed by atoms with E-state index in [0.717, 1.165) is 11.4 Å². The van der Waals surface area contributed by atoms with Gasteiger partial charge in [0.25, 0.3) is 0 Å². The van der Waals surface area contributed by atoms with Crippen molar-refractivity contribution < 1.29 is 0 Å². The SMILES string of the molecule is CC1(C)c2cc(-c3ccccc3)ccc2-c2ccc(N(c3ccc(-c4cccc5sc6ccccc6c45)cc3)c3cccc4c3-c3ccccc3C43c4ccccc4-c4ccc(-c5ccccc5)cc43)cc21. The molecule has 15 rings (SSSR count). The lowest BCUT2D eigenvalue weighted by Gasteiger charge is -2.32. The summed E-state index contributed by atoms with van der Waals surface area (Å²) in [6, 6.07) is 93.6. The average Bonchev–Trinajstić information content (AvgIpc) is 4.14. The van der Waals surface area contributed by atoms with Crippen molar-refractivity contribution in [1.82, 2.24) is 0 Å². The molecule has 0 saturated carbocycles. The van der Waals surface area contributed by atoms with Crippen molar-refractivity contribution in [2.75, 3.05) is 4.90 Å². The monoisotopic (exact) mass is 933 g/mol. The molecule has 0 bridgehead atoms. The summed E-state index contributed by atoms with van der Waals surface area (Å²) in [4.78, 5) is 2.55. The molecule has 0 saturated heterocycles. The zero-order valence-electron chi connectivity index (χ0n) is 40.0. The minimum atomic E-state index is -0.520. The first-order chi connectivity index (χ1) is 35.5. The number of benzene rings is 11. The third kappa shape index (κ3) is 5.76. The molecule has 11 aromatic carbocycles. The number of hydrogen-bond donors (Lipinski definition) is 0. The summed E-state index contributed by atoms with van der Waals surface area (Å²) in [5.41, 5.74) is 25.9. The van der Waals surface area contributed by atoms with Gasteiger partial charge in [0, 0.05) is 42.5 Å². The van der Waals surface area contributed by atoms with Crippen LogP contribution in [0.25, 0.3) is 86.9 Å². The lowest BCUT2D eigenvalue weighted by Crippen LogP contribution is -2.26. The zero-order chi connectivity index (χ0) is 47.7. The number of fused-ring (bicyclic) bond motifs is 16. The van der Waals surface area contributed by atoms with Gasteiger partial charge in [-0.2, -0.15) is 0 Å². The highest BCUT2D eigenvalue weighted by Crippen LogP contribution is 2.65. The van der Waals surface area contributed by atoms with Crippen LogP contribution < -0.4 is 4.90 Å². The molecule has 1 aromatic heterocycles. The number of anilines is 3. The molecule has 72 heavy (non-hydrogen) atoms. The van der Waals surface area contributed by atoms with Crippen LogP contribution in [0.4, 0.5) is 17.1 Å². The first kappa shape index (κ1) is 41.2. The Morgan fingerprint density at radius 2 is 0.819 bits per heavy atom. The molecule has 1 unspecified atom stereocenters. The van der Waals surface area contributed by atoms with Gasteiger partial charge in [0.2, 0.25) is 0 Å². The van der Waals surface area contributed by atoms with E-state index >= 15 is 0 Å². The van der Waals surface area contributed by atoms with E-state index < -0.39 is 5.41 Å². The maximum atomic E-state index is 2.55. The highest BCUT2D eigenvalue weighted by atomic mass is 32.1. The third-order valence-electron chi connectivity index (χ3n) is 16.3. The summed E-state index contributed by atoms with van der Waals surface area (Å²) in [5, 5.41) is 2.64. The van der Waals surface area contributed by atoms with Crippen molar-refractivity contribution in [3.63, 3.8) is 0 Å². The fourth-order valence-electron chi connectivity index (χ4n) is 13.1. The summed E-state index contributed by atoms with van der Waals surface area (Å²) in [7, 11) is 0. The van der Waals surface area contributed by atoms with Crippen LogP contribution >= 0.6 is 11.3 Å². The van der Waals surface area contributed by atoms with Crippen molar-refractivity contribution in [3.8, 4) is 66.8 Å². The van der Waals surface area contributed by atoms with Crippen molar-refractivity contribution in [1.29, 1.82) is 0 Å². The lowest BCUT2D eigenvalue weighted by molar-refractivity contribution is 0.660. The standard InChI is InChI=1S/C70H47NS/c1-69(2)61-41-47(44-17-5-3-6-18-44)33-38-53(61)54-40-37-50(43-62(54)69)71(49-35-31-46(32-36-49)51-24-15-30-66-67(51)57-23-11-14-29-65(57)72-66)64-28-16-27-60-68(64)56-22-10-13-26-59(56)70(60)58-25-12-9-21-52(58)55-39-34-48(42-63(55)70)45-19-7-4-8-20-45/h3-43H,1-2H3. The minimum Gasteiger partial charge on any atom is -0.310 e. The molecular formula is C70H47NS. The van der Waals surface area contributed by atoms with Gasteiger partial charge in [-0.25, -0.2) is 0 Å². The molecule has 2 heteroatoms. The van der Waals surface area contributed by atoms with Crippen molar-refractivity contribution in [2.24, 2.45) is 0 Å². The summed E-state index contributed by atoms with van der Waals surface area (Å²) in [6.07, 6.45) is 0. The molecule has 0 N–H and O–H groups in total. The molecule has 0 amide bonds. The van der Waals surface area contributed by atoms with Crippen LogP contribution in [0.2, 0.25) is 0 Å². The van der Waals surface area contributed by atoms with Crippen LogP contribution in [0.3, 0.4) is 0 Å². The Bertz CT molecular complexity index is 4180. The maximum absolute atomic E-state index is 2.55. The van der Waals surface area contributed by atoms with Crippen LogP contribution in [-0.2, 0) is 10.8 Å². The second kappa shape index (κ2) is 15.5. The van der Waals surface area contributed by atoms with Crippen molar-refractivity contribution in [3.05, 3.63) is 282 Å². The number of thiophene rings is 1. The lowest BCUT2D eigenvalue weighted by atomic mass is 9.70. The Hall–Kier alpha value is -8.56. The first-order valence-corrected chi connectivity index (χ1v) is 26.0. The highest BCUT2D eigenvalue weighted by Gasteiger charge is 2.52. The summed E-state index contributed by atoms with van der Waals surface area (Å²) in [6.45, 7) is 4.81. The van der Waals surface area contributed by atoms with Crippen molar-refractivity contribution in [2.45, 2.75) is 24.7 Å². The Labute approximate surface area is 424 Å². The normalized spacial score (nSPS) is 15.2. The predicted octanol–water partition coefficient (Wildman–Crippen LogP) is 19.2. The number of rotatable bonds is 6. The van der Waals surface area contributed by atoms with Gasteiger partial charge >= 0.3 is 0 Å². The molecule has 1 nitrogen and oxygen atoms in total. The van der Waals surface area contributed by atoms with Gasteiger partial charge in [-0.3, -0.25) is 0 Å². The quantitative estimate of drug-likeness (QED) is 0.161. The summed E-state index contributed by atoms with van der Waals surface area (Å²) >= 11 is 1.87. The molecule has 1 spiro atoms. The molecular weight excluding hydrogens is 887 g/mol. The second-order valence-electron chi connectivity index (χ2n) is 20.3. The number of hydrogen-bond acceptors (Lipinski definition) is 2. The molecule has 0 fully saturated rings. The van der Waals surface area contributed by atoms with Gasteiger partial charge in [0.15, 0.2) is 0 Å². The molecule has 12 aromatic rings. The van der Waals surface area contributed by atoms with E-state index in [4.69, 9.17) is 0 Å². The van der Waals surface area contributed by atoms with Crippen LogP contribution in [0, 0.1) is 0 Å². The molecule has 0 radical (unpaired) electrons. The molecule has 1 atom stereocenters. The topological polar surface area (TPSA) is 3.24 Å². The average molecular weight is 934 g/mol. The van der Waals surface area contributed by atoms with Gasteiger partial charge in [-0.05, 0) is 149 Å². The number of nitrogens with zero attached hydrogens (tertiary/aromatic N) is 1. The fourth-order valence-corrected chi connectivity index (χ4v) is 14.2. The molecule has 3 aliphatic rings. The van der Waals surface area contributed by atoms with E-state index in [1.807, 2.05) is 11.3 Å². The maximum Gasteiger partial charge on any atom is 0.0726 e. The van der Waals surface area contributed by atoms with Gasteiger partial charge in [-0.1, -0.05) is 208 Å². The van der Waals surface area contributed by atoms with Crippen LogP contribution in [-0.4, -0.2) is 0 Å². The van der Waals surface area contributed by atoms with Gasteiger partial charge in [0.1, 0.15) is 0 Å². The highest BCUT2D eigenvalue weighted by molar-refractivity contribution is 7.25. The molecule has 0 aliphatic heterocycles. The second-order valence-corrected chi connectivity index (χ2v) is 21.4. The minimum absolute atomic E-state index is 0.230. The van der Waals surface area contributed by atoms with Gasteiger partial charge < -0.3 is 4.90 Å². The zero-order valence-corrected chi connectivity index (χ0v) is 40.8. The first-order valence-electron chi connectivity index (χ1n) is 25.2. The van der Waals surface area contributed by atoms with Crippen LogP contribution in [0.15, 0.2) is 249 Å². The summed E-state index contributed by atoms with van der Waals surface area (Å²) < 4.78 is 2.64. The Morgan fingerprint density at radius 1 is 0.319 bits per heavy atom. The molecule has 3 aliphatic carbocycles. The molecule has 1 heterocycles. The largest absolute Gasteiger partial charge is 0.310 e. The Balaban J connectivity index is 0.956. The fraction of sp³-hybridized carbons (Fsp3) is 0.0571. The third-order valence-corrected chi connectivity index (χ3v) is 17.4. The predicted molar refractivity (Wildman–Crippen MR) is 304 cm³/mol. The van der Waals surface area contributed by atoms with E-state index in [9.17, 15) is 0 Å².